The molecular weight excluding hydrogens is 405 g/mol. The van der Waals surface area contributed by atoms with Crippen molar-refractivity contribution in [2.24, 2.45) is 0 Å². The van der Waals surface area contributed by atoms with Crippen LogP contribution in [0.2, 0.25) is 0 Å². The molecule has 3 aromatic heterocycles. The van der Waals surface area contributed by atoms with Crippen LogP contribution in [-0.2, 0) is 6.42 Å². The van der Waals surface area contributed by atoms with Crippen molar-refractivity contribution < 1.29 is 9.13 Å². The Labute approximate surface area is 187 Å². The minimum Gasteiger partial charge on any atom is -0.479 e. The van der Waals surface area contributed by atoms with Gasteiger partial charge in [-0.05, 0) is 63.2 Å². The van der Waals surface area contributed by atoms with Gasteiger partial charge in [0.05, 0.1) is 18.7 Å². The Balaban J connectivity index is 1.60. The standard InChI is InChI=1S/C25H28FN5O/c1-4-22-23(16-6-5-7-18(26)12-16)20-13-17(14-27-24(20)28-22)21-15-31(29-25(21)32-3)19-8-10-30(2)11-9-19/h5-7,12-15,19H,4,8-11H2,1-3H3,(H,27,28). The van der Waals surface area contributed by atoms with Crippen LogP contribution in [0.25, 0.3) is 33.3 Å². The first-order valence-electron chi connectivity index (χ1n) is 11.2. The summed E-state index contributed by atoms with van der Waals surface area (Å²) in [7, 11) is 3.81. The van der Waals surface area contributed by atoms with Crippen molar-refractivity contribution in [2.45, 2.75) is 32.2 Å². The van der Waals surface area contributed by atoms with E-state index in [0.717, 1.165) is 71.3 Å². The first kappa shape index (κ1) is 20.7. The van der Waals surface area contributed by atoms with Crippen molar-refractivity contribution in [1.82, 2.24) is 24.6 Å². The summed E-state index contributed by atoms with van der Waals surface area (Å²) in [6.45, 7) is 4.22. The third-order valence-electron chi connectivity index (χ3n) is 6.46. The molecule has 1 saturated heterocycles. The lowest BCUT2D eigenvalue weighted by molar-refractivity contribution is 0.210. The van der Waals surface area contributed by atoms with Crippen LogP contribution in [0.4, 0.5) is 4.39 Å². The number of aromatic amines is 1. The Bertz CT molecular complexity index is 1250. The molecule has 0 amide bonds. The molecule has 0 unspecified atom stereocenters. The highest BCUT2D eigenvalue weighted by Crippen LogP contribution is 2.37. The summed E-state index contributed by atoms with van der Waals surface area (Å²) in [5.41, 5.74) is 5.55. The molecule has 6 nitrogen and oxygen atoms in total. The molecule has 4 heterocycles. The molecule has 1 N–H and O–H groups in total. The van der Waals surface area contributed by atoms with Crippen molar-refractivity contribution in [3.8, 4) is 28.1 Å². The van der Waals surface area contributed by atoms with Gasteiger partial charge in [-0.3, -0.25) is 4.68 Å². The molecule has 0 radical (unpaired) electrons. The largest absolute Gasteiger partial charge is 0.479 e. The zero-order chi connectivity index (χ0) is 22.2. The fraction of sp³-hybridized carbons (Fsp3) is 0.360. The van der Waals surface area contributed by atoms with E-state index in [-0.39, 0.29) is 5.82 Å². The highest BCUT2D eigenvalue weighted by molar-refractivity contribution is 5.98. The van der Waals surface area contributed by atoms with Crippen molar-refractivity contribution in [1.29, 1.82) is 0 Å². The number of halogens is 1. The maximum atomic E-state index is 14.0. The molecule has 0 atom stereocenters. The van der Waals surface area contributed by atoms with E-state index in [0.29, 0.717) is 11.9 Å². The predicted octanol–water partition coefficient (Wildman–Crippen LogP) is 5.07. The number of likely N-dealkylation sites (tertiary alicyclic amines) is 1. The van der Waals surface area contributed by atoms with E-state index in [9.17, 15) is 4.39 Å². The topological polar surface area (TPSA) is 59.0 Å². The van der Waals surface area contributed by atoms with Gasteiger partial charge in [0.2, 0.25) is 5.88 Å². The Morgan fingerprint density at radius 2 is 2.00 bits per heavy atom. The zero-order valence-corrected chi connectivity index (χ0v) is 18.7. The summed E-state index contributed by atoms with van der Waals surface area (Å²) >= 11 is 0. The Morgan fingerprint density at radius 1 is 1.19 bits per heavy atom. The summed E-state index contributed by atoms with van der Waals surface area (Å²) in [6.07, 6.45) is 6.87. The number of hydrogen-bond acceptors (Lipinski definition) is 4. The van der Waals surface area contributed by atoms with Gasteiger partial charge in [0, 0.05) is 34.6 Å². The van der Waals surface area contributed by atoms with Gasteiger partial charge in [-0.25, -0.2) is 9.37 Å². The monoisotopic (exact) mass is 433 g/mol. The van der Waals surface area contributed by atoms with E-state index in [1.807, 2.05) is 16.9 Å². The molecule has 1 aliphatic heterocycles. The van der Waals surface area contributed by atoms with Gasteiger partial charge in [0.25, 0.3) is 0 Å². The molecule has 0 aliphatic carbocycles. The van der Waals surface area contributed by atoms with Crippen LogP contribution in [0.3, 0.4) is 0 Å². The minimum absolute atomic E-state index is 0.246. The highest BCUT2D eigenvalue weighted by Gasteiger charge is 2.23. The van der Waals surface area contributed by atoms with E-state index in [1.54, 1.807) is 19.2 Å². The third kappa shape index (κ3) is 3.66. The van der Waals surface area contributed by atoms with Crippen LogP contribution in [0.5, 0.6) is 5.88 Å². The summed E-state index contributed by atoms with van der Waals surface area (Å²) in [6, 6.07) is 9.21. The summed E-state index contributed by atoms with van der Waals surface area (Å²) in [5.74, 6) is 0.354. The average molecular weight is 434 g/mol. The Kier molecular flexibility index (Phi) is 5.43. The van der Waals surface area contributed by atoms with Gasteiger partial charge in [-0.15, -0.1) is 5.10 Å². The number of rotatable bonds is 5. The lowest BCUT2D eigenvalue weighted by Crippen LogP contribution is -2.31. The number of benzene rings is 1. The number of aryl methyl sites for hydroxylation is 1. The molecule has 7 heteroatoms. The fourth-order valence-corrected chi connectivity index (χ4v) is 4.68. The number of ether oxygens (including phenoxy) is 1. The number of methoxy groups -OCH3 is 1. The van der Waals surface area contributed by atoms with E-state index in [2.05, 4.69) is 36.1 Å². The number of nitrogens with zero attached hydrogens (tertiary/aromatic N) is 4. The smallest absolute Gasteiger partial charge is 0.240 e. The van der Waals surface area contributed by atoms with Gasteiger partial charge in [0.1, 0.15) is 11.5 Å². The summed E-state index contributed by atoms with van der Waals surface area (Å²) < 4.78 is 21.7. The number of fused-ring (bicyclic) bond motifs is 1. The van der Waals surface area contributed by atoms with Crippen molar-refractivity contribution in [3.05, 3.63) is 54.2 Å². The lowest BCUT2D eigenvalue weighted by Gasteiger charge is -2.28. The van der Waals surface area contributed by atoms with Gasteiger partial charge >= 0.3 is 0 Å². The molecule has 32 heavy (non-hydrogen) atoms. The molecular formula is C25H28FN5O. The first-order valence-corrected chi connectivity index (χ1v) is 11.2. The van der Waals surface area contributed by atoms with Crippen molar-refractivity contribution in [3.63, 3.8) is 0 Å². The molecule has 1 fully saturated rings. The predicted molar refractivity (Wildman–Crippen MR) is 124 cm³/mol. The third-order valence-corrected chi connectivity index (χ3v) is 6.46. The van der Waals surface area contributed by atoms with Gasteiger partial charge in [-0.1, -0.05) is 19.1 Å². The molecule has 4 aromatic rings. The van der Waals surface area contributed by atoms with Crippen LogP contribution in [-0.4, -0.2) is 51.9 Å². The number of H-pyrrole nitrogens is 1. The van der Waals surface area contributed by atoms with E-state index < -0.39 is 0 Å². The van der Waals surface area contributed by atoms with E-state index in [4.69, 9.17) is 14.8 Å². The highest BCUT2D eigenvalue weighted by atomic mass is 19.1. The quantitative estimate of drug-likeness (QED) is 0.477. The zero-order valence-electron chi connectivity index (χ0n) is 18.7. The second kappa shape index (κ2) is 8.39. The minimum atomic E-state index is -0.246. The van der Waals surface area contributed by atoms with Crippen LogP contribution in [0.1, 0.15) is 31.5 Å². The normalized spacial score (nSPS) is 15.5. The fourth-order valence-electron chi connectivity index (χ4n) is 4.68. The van der Waals surface area contributed by atoms with E-state index >= 15 is 0 Å². The van der Waals surface area contributed by atoms with Crippen LogP contribution in [0, 0.1) is 5.82 Å². The Morgan fingerprint density at radius 3 is 2.72 bits per heavy atom. The average Bonchev–Trinajstić information content (AvgIpc) is 3.40. The first-order chi connectivity index (χ1) is 15.6. The van der Waals surface area contributed by atoms with Crippen LogP contribution < -0.4 is 4.74 Å². The van der Waals surface area contributed by atoms with Gasteiger partial charge < -0.3 is 14.6 Å². The Hall–Kier alpha value is -3.19. The number of aromatic nitrogens is 4. The number of pyridine rings is 1. The second-order valence-corrected chi connectivity index (χ2v) is 8.53. The molecule has 1 aliphatic rings. The molecule has 1 aromatic carbocycles. The van der Waals surface area contributed by atoms with Crippen LogP contribution >= 0.6 is 0 Å². The van der Waals surface area contributed by atoms with Gasteiger partial charge in [0.15, 0.2) is 0 Å². The number of nitrogens with one attached hydrogen (secondary N) is 1. The molecule has 0 spiro atoms. The molecule has 5 rings (SSSR count). The lowest BCUT2D eigenvalue weighted by atomic mass is 10.00. The summed E-state index contributed by atoms with van der Waals surface area (Å²) in [4.78, 5) is 10.5. The van der Waals surface area contributed by atoms with Crippen molar-refractivity contribution >= 4 is 11.0 Å². The van der Waals surface area contributed by atoms with Gasteiger partial charge in [-0.2, -0.15) is 0 Å². The second-order valence-electron chi connectivity index (χ2n) is 8.53. The number of hydrogen-bond donors (Lipinski definition) is 1. The maximum Gasteiger partial charge on any atom is 0.240 e. The van der Waals surface area contributed by atoms with E-state index in [1.165, 1.54) is 6.07 Å². The molecule has 0 saturated carbocycles. The number of piperidine rings is 1. The molecule has 166 valence electrons. The maximum absolute atomic E-state index is 14.0. The van der Waals surface area contributed by atoms with Crippen molar-refractivity contribution in [2.75, 3.05) is 27.2 Å². The SMILES string of the molecule is CCc1[nH]c2ncc(-c3cn(C4CCN(C)CC4)nc3OC)cc2c1-c1cccc(F)c1. The molecule has 0 bridgehead atoms. The van der Waals surface area contributed by atoms with Crippen LogP contribution in [0.15, 0.2) is 42.7 Å². The summed E-state index contributed by atoms with van der Waals surface area (Å²) in [5, 5.41) is 5.71.